The van der Waals surface area contributed by atoms with E-state index in [1.165, 1.54) is 21.7 Å². The molecular weight excluding hydrogens is 307 g/mol. The summed E-state index contributed by atoms with van der Waals surface area (Å²) in [7, 11) is -0.906. The Morgan fingerprint density at radius 3 is 1.77 bits per heavy atom. The van der Waals surface area contributed by atoms with Crippen molar-refractivity contribution in [2.75, 3.05) is 0 Å². The van der Waals surface area contributed by atoms with Gasteiger partial charge >= 0.3 is 0 Å². The van der Waals surface area contributed by atoms with Gasteiger partial charge in [-0.1, -0.05) is 102 Å². The fourth-order valence-electron chi connectivity index (χ4n) is 2.27. The van der Waals surface area contributed by atoms with E-state index in [-0.39, 0.29) is 0 Å². The van der Waals surface area contributed by atoms with Crippen molar-refractivity contribution < 1.29 is 0 Å². The van der Waals surface area contributed by atoms with Gasteiger partial charge in [-0.25, -0.2) is 0 Å². The second kappa shape index (κ2) is 7.40. The first-order valence-electron chi connectivity index (χ1n) is 7.18. The third-order valence-corrected chi connectivity index (χ3v) is 6.06. The van der Waals surface area contributed by atoms with Crippen molar-refractivity contribution in [1.29, 1.82) is 0 Å². The fraction of sp³-hybridized carbons (Fsp3) is 0. The Hall–Kier alpha value is -1.88. The third kappa shape index (κ3) is 3.65. The smallest absolute Gasteiger partial charge is 0.0530 e. The lowest BCUT2D eigenvalue weighted by molar-refractivity contribution is 1.64. The van der Waals surface area contributed by atoms with Crippen LogP contribution in [0, 0.1) is 0 Å². The Kier molecular flexibility index (Phi) is 5.06. The van der Waals surface area contributed by atoms with Gasteiger partial charge in [0.1, 0.15) is 0 Å². The van der Waals surface area contributed by atoms with Crippen LogP contribution in [0.15, 0.2) is 91.0 Å². The molecule has 108 valence electrons. The zero-order valence-electron chi connectivity index (χ0n) is 12.1. The van der Waals surface area contributed by atoms with Gasteiger partial charge in [0.25, 0.3) is 0 Å². The van der Waals surface area contributed by atoms with Crippen molar-refractivity contribution >= 4 is 35.2 Å². The summed E-state index contributed by atoms with van der Waals surface area (Å²) in [6, 6.07) is 31.0. The van der Waals surface area contributed by atoms with E-state index in [0.717, 1.165) is 0 Å². The lowest BCUT2D eigenvalue weighted by Gasteiger charge is -2.15. The summed E-state index contributed by atoms with van der Waals surface area (Å²) < 4.78 is 0. The molecule has 3 aromatic rings. The topological polar surface area (TPSA) is 0 Å². The average molecular weight is 323 g/mol. The van der Waals surface area contributed by atoms with E-state index in [2.05, 4.69) is 54.6 Å². The average Bonchev–Trinajstić information content (AvgIpc) is 2.61. The molecule has 22 heavy (non-hydrogen) atoms. The van der Waals surface area contributed by atoms with E-state index in [4.69, 9.17) is 11.2 Å². The molecule has 2 heteroatoms. The van der Waals surface area contributed by atoms with Gasteiger partial charge in [0.2, 0.25) is 0 Å². The van der Waals surface area contributed by atoms with Crippen LogP contribution in [0.4, 0.5) is 0 Å². The van der Waals surface area contributed by atoms with Crippen molar-refractivity contribution in [1.82, 2.24) is 0 Å². The van der Waals surface area contributed by atoms with Crippen molar-refractivity contribution in [3.8, 4) is 0 Å². The van der Waals surface area contributed by atoms with Crippen LogP contribution >= 0.6 is 18.5 Å². The predicted octanol–water partition coefficient (Wildman–Crippen LogP) is 6.15. The Balaban J connectivity index is 2.06. The summed E-state index contributed by atoms with van der Waals surface area (Å²) in [6.45, 7) is 0. The third-order valence-electron chi connectivity index (χ3n) is 3.37. The Morgan fingerprint density at radius 2 is 1.18 bits per heavy atom. The molecule has 0 aliphatic rings. The Morgan fingerprint density at radius 1 is 0.682 bits per heavy atom. The molecule has 0 nitrogen and oxygen atoms in total. The molecule has 0 radical (unpaired) electrons. The lowest BCUT2D eigenvalue weighted by Crippen LogP contribution is -1.97. The lowest BCUT2D eigenvalue weighted by atomic mass is 10.1. The summed E-state index contributed by atoms with van der Waals surface area (Å²) in [4.78, 5) is 0. The molecular formula is C20H16ClP. The molecule has 0 heterocycles. The molecule has 1 atom stereocenters. The van der Waals surface area contributed by atoms with Crippen LogP contribution in [0.25, 0.3) is 11.4 Å². The van der Waals surface area contributed by atoms with Crippen LogP contribution in [0.3, 0.4) is 0 Å². The molecule has 0 saturated heterocycles. The van der Waals surface area contributed by atoms with Crippen molar-refractivity contribution in [3.05, 3.63) is 102 Å². The zero-order valence-corrected chi connectivity index (χ0v) is 13.7. The quantitative estimate of drug-likeness (QED) is 0.399. The zero-order chi connectivity index (χ0) is 15.2. The van der Waals surface area contributed by atoms with Crippen molar-refractivity contribution in [3.63, 3.8) is 0 Å². The molecule has 3 aromatic carbocycles. The minimum absolute atomic E-state index is 0.906. The van der Waals surface area contributed by atoms with Crippen molar-refractivity contribution in [2.24, 2.45) is 0 Å². The van der Waals surface area contributed by atoms with E-state index < -0.39 is 7.27 Å². The molecule has 0 aliphatic carbocycles. The van der Waals surface area contributed by atoms with Gasteiger partial charge in [0.15, 0.2) is 0 Å². The van der Waals surface area contributed by atoms with Crippen LogP contribution < -0.4 is 5.30 Å². The first-order valence-corrected chi connectivity index (χ1v) is 9.42. The molecule has 0 N–H and O–H groups in total. The highest BCUT2D eigenvalue weighted by molar-refractivity contribution is 7.97. The molecule has 0 saturated carbocycles. The van der Waals surface area contributed by atoms with Gasteiger partial charge in [-0.05, 0) is 22.5 Å². The maximum atomic E-state index is 6.85. The van der Waals surface area contributed by atoms with E-state index in [1.54, 1.807) is 0 Å². The van der Waals surface area contributed by atoms with Crippen molar-refractivity contribution in [2.45, 2.75) is 0 Å². The Bertz CT molecular complexity index is 736. The van der Waals surface area contributed by atoms with Gasteiger partial charge in [-0.15, -0.1) is 0 Å². The maximum absolute atomic E-state index is 6.85. The highest BCUT2D eigenvalue weighted by Crippen LogP contribution is 2.54. The minimum atomic E-state index is -0.906. The van der Waals surface area contributed by atoms with Crippen LogP contribution in [-0.4, -0.2) is 0 Å². The standard InChI is InChI=1S/C20H16ClP/c21-22(19-14-8-3-9-15-19)20(18-12-6-2-7-13-18)16-17-10-4-1-5-11-17/h1-16H. The first kappa shape index (κ1) is 15.0. The first-order chi connectivity index (χ1) is 10.8. The molecule has 0 amide bonds. The van der Waals surface area contributed by atoms with Gasteiger partial charge < -0.3 is 0 Å². The summed E-state index contributed by atoms with van der Waals surface area (Å²) >= 11 is 6.85. The SMILES string of the molecule is ClP(C(=Cc1ccccc1)c1ccccc1)c1ccccc1. The van der Waals surface area contributed by atoms with Gasteiger partial charge in [0, 0.05) is 5.31 Å². The van der Waals surface area contributed by atoms with E-state index >= 15 is 0 Å². The highest BCUT2D eigenvalue weighted by Gasteiger charge is 2.15. The second-order valence-electron chi connectivity index (χ2n) is 4.92. The predicted molar refractivity (Wildman–Crippen MR) is 99.6 cm³/mol. The monoisotopic (exact) mass is 322 g/mol. The summed E-state index contributed by atoms with van der Waals surface area (Å²) in [5.41, 5.74) is 2.35. The van der Waals surface area contributed by atoms with Gasteiger partial charge in [-0.3, -0.25) is 0 Å². The molecule has 0 bridgehead atoms. The molecule has 0 spiro atoms. The van der Waals surface area contributed by atoms with Crippen LogP contribution in [0.5, 0.6) is 0 Å². The van der Waals surface area contributed by atoms with E-state index in [9.17, 15) is 0 Å². The second-order valence-corrected chi connectivity index (χ2v) is 7.50. The maximum Gasteiger partial charge on any atom is 0.0530 e. The number of hydrogen-bond acceptors (Lipinski definition) is 0. The van der Waals surface area contributed by atoms with Crippen LogP contribution in [0.2, 0.25) is 0 Å². The van der Waals surface area contributed by atoms with Crippen LogP contribution in [0.1, 0.15) is 11.1 Å². The summed E-state index contributed by atoms with van der Waals surface area (Å²) in [6.07, 6.45) is 2.20. The number of benzene rings is 3. The van der Waals surface area contributed by atoms with Crippen LogP contribution in [-0.2, 0) is 0 Å². The summed E-state index contributed by atoms with van der Waals surface area (Å²) in [5.74, 6) is 0. The number of halogens is 1. The van der Waals surface area contributed by atoms with Gasteiger partial charge in [0.05, 0.1) is 7.27 Å². The normalized spacial score (nSPS) is 12.9. The van der Waals surface area contributed by atoms with E-state index in [1.807, 2.05) is 42.5 Å². The highest BCUT2D eigenvalue weighted by atomic mass is 35.7. The minimum Gasteiger partial charge on any atom is -0.0858 e. The van der Waals surface area contributed by atoms with E-state index in [0.29, 0.717) is 0 Å². The van der Waals surface area contributed by atoms with Gasteiger partial charge in [-0.2, -0.15) is 0 Å². The number of hydrogen-bond donors (Lipinski definition) is 0. The fourth-order valence-corrected chi connectivity index (χ4v) is 4.39. The molecule has 3 rings (SSSR count). The Labute approximate surface area is 137 Å². The molecule has 0 aromatic heterocycles. The molecule has 0 fully saturated rings. The number of rotatable bonds is 4. The molecule has 1 unspecified atom stereocenters. The largest absolute Gasteiger partial charge is 0.0858 e. The summed E-state index contributed by atoms with van der Waals surface area (Å²) in [5, 5.41) is 2.35. The molecule has 0 aliphatic heterocycles.